The van der Waals surface area contributed by atoms with Crippen LogP contribution in [0, 0.1) is 11.3 Å². The number of rotatable bonds is 7. The number of aromatic nitrogens is 5. The summed E-state index contributed by atoms with van der Waals surface area (Å²) in [5.41, 5.74) is -0.305. The molecule has 0 aromatic carbocycles. The second-order valence-electron chi connectivity index (χ2n) is 7.68. The molecule has 0 amide bonds. The monoisotopic (exact) mass is 470 g/mol. The molecule has 176 valence electrons. The van der Waals surface area contributed by atoms with Gasteiger partial charge in [-0.25, -0.2) is 9.67 Å². The summed E-state index contributed by atoms with van der Waals surface area (Å²) in [4.78, 5) is 4.26. The lowest BCUT2D eigenvalue weighted by atomic mass is 9.96. The van der Waals surface area contributed by atoms with Gasteiger partial charge in [0.25, 0.3) is 0 Å². The number of ether oxygens (including phenoxy) is 1. The van der Waals surface area contributed by atoms with Gasteiger partial charge in [-0.15, -0.1) is 5.10 Å². The number of halogens is 3. The van der Waals surface area contributed by atoms with Crippen LogP contribution in [0.15, 0.2) is 48.9 Å². The topological polar surface area (TPSA) is 101 Å². The number of pyridine rings is 2. The quantitative estimate of drug-likeness (QED) is 0.437. The summed E-state index contributed by atoms with van der Waals surface area (Å²) in [7, 11) is 0. The van der Waals surface area contributed by atoms with E-state index in [4.69, 9.17) is 4.74 Å². The van der Waals surface area contributed by atoms with Crippen molar-refractivity contribution >= 4 is 5.52 Å². The van der Waals surface area contributed by atoms with Gasteiger partial charge in [0.2, 0.25) is 11.5 Å². The van der Waals surface area contributed by atoms with Crippen LogP contribution in [0.5, 0.6) is 5.88 Å². The molecule has 0 aliphatic heterocycles. The van der Waals surface area contributed by atoms with Crippen LogP contribution in [0.3, 0.4) is 0 Å². The molecule has 0 aliphatic carbocycles. The molecule has 0 saturated heterocycles. The lowest BCUT2D eigenvalue weighted by molar-refractivity contribution is -0.269. The van der Waals surface area contributed by atoms with E-state index < -0.39 is 23.9 Å². The number of alkyl halides is 3. The Balaban J connectivity index is 1.65. The summed E-state index contributed by atoms with van der Waals surface area (Å²) in [5.74, 6) is 0.487. The Labute approximate surface area is 192 Å². The van der Waals surface area contributed by atoms with Gasteiger partial charge in [0.15, 0.2) is 0 Å². The third kappa shape index (κ3) is 4.08. The molecule has 0 radical (unpaired) electrons. The number of hydrogen-bond donors (Lipinski definition) is 1. The summed E-state index contributed by atoms with van der Waals surface area (Å²) >= 11 is 0. The standard InChI is InChI=1S/C23H21F3N6O2/c1-3-22(33,23(24,25)26)19-14-31(30-29-19)13-15-7-8-32-18(9-15)10-17(11-27)21(32)16-5-6-20(28-12-16)34-4-2/h5-10,12,14,33H,3-4,13H2,1-2H3. The molecule has 8 nitrogen and oxygen atoms in total. The third-order valence-corrected chi connectivity index (χ3v) is 5.55. The average Bonchev–Trinajstić information content (AvgIpc) is 3.43. The van der Waals surface area contributed by atoms with E-state index in [-0.39, 0.29) is 6.54 Å². The second-order valence-corrected chi connectivity index (χ2v) is 7.68. The Morgan fingerprint density at radius 1 is 1.18 bits per heavy atom. The maximum absolute atomic E-state index is 13.3. The number of nitrogens with zero attached hydrogens (tertiary/aromatic N) is 6. The van der Waals surface area contributed by atoms with Crippen molar-refractivity contribution in [2.24, 2.45) is 0 Å². The highest BCUT2D eigenvalue weighted by atomic mass is 19.4. The van der Waals surface area contributed by atoms with E-state index in [1.165, 1.54) is 11.6 Å². The normalized spacial score (nSPS) is 13.6. The summed E-state index contributed by atoms with van der Waals surface area (Å²) in [6.45, 7) is 3.72. The van der Waals surface area contributed by atoms with Crippen LogP contribution in [0.2, 0.25) is 0 Å². The van der Waals surface area contributed by atoms with Crippen molar-refractivity contribution in [3.8, 4) is 23.2 Å². The van der Waals surface area contributed by atoms with E-state index in [0.717, 1.165) is 22.8 Å². The summed E-state index contributed by atoms with van der Waals surface area (Å²) in [6.07, 6.45) is -0.947. The molecule has 34 heavy (non-hydrogen) atoms. The van der Waals surface area contributed by atoms with E-state index in [1.807, 2.05) is 23.5 Å². The first-order chi connectivity index (χ1) is 16.2. The third-order valence-electron chi connectivity index (χ3n) is 5.55. The molecule has 1 unspecified atom stereocenters. The highest BCUT2D eigenvalue weighted by Gasteiger charge is 2.55. The molecule has 4 rings (SSSR count). The Bertz CT molecular complexity index is 1350. The fourth-order valence-electron chi connectivity index (χ4n) is 3.74. The van der Waals surface area contributed by atoms with Crippen molar-refractivity contribution in [1.82, 2.24) is 24.4 Å². The highest BCUT2D eigenvalue weighted by Crippen LogP contribution is 2.40. The van der Waals surface area contributed by atoms with Gasteiger partial charge in [-0.05, 0) is 43.2 Å². The van der Waals surface area contributed by atoms with Gasteiger partial charge in [0.1, 0.15) is 11.8 Å². The van der Waals surface area contributed by atoms with Crippen LogP contribution < -0.4 is 4.74 Å². The van der Waals surface area contributed by atoms with Crippen LogP contribution >= 0.6 is 0 Å². The number of aliphatic hydroxyl groups is 1. The zero-order valence-corrected chi connectivity index (χ0v) is 18.4. The molecular weight excluding hydrogens is 449 g/mol. The van der Waals surface area contributed by atoms with Gasteiger partial charge in [-0.2, -0.15) is 18.4 Å². The van der Waals surface area contributed by atoms with Crippen LogP contribution in [0.4, 0.5) is 13.2 Å². The molecule has 1 atom stereocenters. The minimum atomic E-state index is -4.87. The Morgan fingerprint density at radius 3 is 2.59 bits per heavy atom. The molecule has 1 N–H and O–H groups in total. The smallest absolute Gasteiger partial charge is 0.423 e. The van der Waals surface area contributed by atoms with Gasteiger partial charge in [0.05, 0.1) is 30.6 Å². The van der Waals surface area contributed by atoms with Gasteiger partial charge < -0.3 is 14.2 Å². The minimum absolute atomic E-state index is 0.133. The van der Waals surface area contributed by atoms with Crippen molar-refractivity contribution in [3.05, 3.63) is 65.7 Å². The Hall–Kier alpha value is -3.91. The van der Waals surface area contributed by atoms with E-state index >= 15 is 0 Å². The van der Waals surface area contributed by atoms with Gasteiger partial charge in [-0.1, -0.05) is 12.1 Å². The van der Waals surface area contributed by atoms with E-state index in [0.29, 0.717) is 23.7 Å². The summed E-state index contributed by atoms with van der Waals surface area (Å²) in [5, 5.41) is 27.0. The van der Waals surface area contributed by atoms with Gasteiger partial charge in [-0.3, -0.25) is 0 Å². The molecule has 11 heteroatoms. The lowest BCUT2D eigenvalue weighted by Crippen LogP contribution is -2.42. The molecule has 4 aromatic heterocycles. The lowest BCUT2D eigenvalue weighted by Gasteiger charge is -2.26. The van der Waals surface area contributed by atoms with Crippen molar-refractivity contribution in [3.63, 3.8) is 0 Å². The average molecular weight is 470 g/mol. The molecule has 0 aliphatic rings. The molecule has 0 saturated carbocycles. The van der Waals surface area contributed by atoms with E-state index in [1.54, 1.807) is 30.6 Å². The van der Waals surface area contributed by atoms with E-state index in [2.05, 4.69) is 21.4 Å². The molecular formula is C23H21F3N6O2. The fourth-order valence-corrected chi connectivity index (χ4v) is 3.74. The van der Waals surface area contributed by atoms with Gasteiger partial charge in [0, 0.05) is 29.5 Å². The predicted molar refractivity (Wildman–Crippen MR) is 116 cm³/mol. The molecule has 4 aromatic rings. The van der Waals surface area contributed by atoms with Crippen molar-refractivity contribution in [1.29, 1.82) is 5.26 Å². The number of hydrogen-bond acceptors (Lipinski definition) is 6. The van der Waals surface area contributed by atoms with Crippen molar-refractivity contribution < 1.29 is 23.0 Å². The van der Waals surface area contributed by atoms with Crippen molar-refractivity contribution in [2.75, 3.05) is 6.61 Å². The Morgan fingerprint density at radius 2 is 1.97 bits per heavy atom. The number of nitriles is 1. The molecule has 0 spiro atoms. The summed E-state index contributed by atoms with van der Waals surface area (Å²) in [6, 6.07) is 11.0. The first-order valence-corrected chi connectivity index (χ1v) is 10.5. The number of fused-ring (bicyclic) bond motifs is 1. The molecule has 4 heterocycles. The maximum Gasteiger partial charge on any atom is 0.423 e. The summed E-state index contributed by atoms with van der Waals surface area (Å²) < 4.78 is 48.4. The van der Waals surface area contributed by atoms with Gasteiger partial charge >= 0.3 is 6.18 Å². The van der Waals surface area contributed by atoms with Crippen LogP contribution in [0.25, 0.3) is 16.8 Å². The molecule has 0 fully saturated rings. The Kier molecular flexibility index (Phi) is 6.01. The van der Waals surface area contributed by atoms with Crippen LogP contribution in [0.1, 0.15) is 37.1 Å². The van der Waals surface area contributed by atoms with E-state index in [9.17, 15) is 23.5 Å². The zero-order chi connectivity index (χ0) is 24.5. The maximum atomic E-state index is 13.3. The first-order valence-electron chi connectivity index (χ1n) is 10.5. The van der Waals surface area contributed by atoms with Crippen LogP contribution in [-0.4, -0.2) is 42.3 Å². The highest BCUT2D eigenvalue weighted by molar-refractivity contribution is 5.74. The van der Waals surface area contributed by atoms with Crippen molar-refractivity contribution in [2.45, 2.75) is 38.6 Å². The minimum Gasteiger partial charge on any atom is -0.478 e. The zero-order valence-electron chi connectivity index (χ0n) is 18.4. The van der Waals surface area contributed by atoms with Crippen LogP contribution in [-0.2, 0) is 12.1 Å². The molecule has 0 bridgehead atoms. The second kappa shape index (κ2) is 8.79. The SMILES string of the molecule is CCOc1ccc(-c2c(C#N)cc3cc(Cn4cc(C(O)(CC)C(F)(F)F)nn4)ccn23)cn1. The fraction of sp³-hybridized carbons (Fsp3) is 0.304. The largest absolute Gasteiger partial charge is 0.478 e. The first kappa shape index (κ1) is 23.3. The predicted octanol–water partition coefficient (Wildman–Crippen LogP) is 4.07.